The predicted molar refractivity (Wildman–Crippen MR) is 121 cm³/mol. The second-order valence-corrected chi connectivity index (χ2v) is 6.46. The van der Waals surface area contributed by atoms with E-state index in [4.69, 9.17) is 22.7 Å². The number of hydrazine groups is 1. The summed E-state index contributed by atoms with van der Waals surface area (Å²) in [6.07, 6.45) is 3.36. The highest BCUT2D eigenvalue weighted by Crippen LogP contribution is 2.31. The van der Waals surface area contributed by atoms with Crippen molar-refractivity contribution in [1.29, 1.82) is 5.41 Å². The van der Waals surface area contributed by atoms with Gasteiger partial charge in [0.15, 0.2) is 0 Å². The molecule has 0 fully saturated rings. The Morgan fingerprint density at radius 2 is 1.97 bits per heavy atom. The van der Waals surface area contributed by atoms with Gasteiger partial charge in [-0.25, -0.2) is 4.98 Å². The summed E-state index contributed by atoms with van der Waals surface area (Å²) in [6, 6.07) is 12.4. The number of anilines is 7. The van der Waals surface area contributed by atoms with E-state index < -0.39 is 0 Å². The Labute approximate surface area is 174 Å². The number of aromatic nitrogens is 2. The highest BCUT2D eigenvalue weighted by atomic mass is 16.3. The summed E-state index contributed by atoms with van der Waals surface area (Å²) < 4.78 is 0. The van der Waals surface area contributed by atoms with Gasteiger partial charge in [-0.15, -0.1) is 0 Å². The van der Waals surface area contributed by atoms with Crippen LogP contribution in [0.5, 0.6) is 0 Å². The summed E-state index contributed by atoms with van der Waals surface area (Å²) >= 11 is 0. The SMILES string of the molecule is N=Cc1c(N)cccc1N(CCCO)c1ccnc(Nc2ccc(N)c(NN)c2)n1. The van der Waals surface area contributed by atoms with E-state index in [1.807, 2.05) is 17.0 Å². The van der Waals surface area contributed by atoms with Crippen LogP contribution in [0.3, 0.4) is 0 Å². The maximum atomic E-state index is 9.34. The Bertz CT molecular complexity index is 1020. The molecule has 10 nitrogen and oxygen atoms in total. The lowest BCUT2D eigenvalue weighted by Crippen LogP contribution is -2.22. The van der Waals surface area contributed by atoms with E-state index in [1.165, 1.54) is 6.21 Å². The number of aliphatic hydroxyl groups excluding tert-OH is 1. The highest BCUT2D eigenvalue weighted by Gasteiger charge is 2.16. The molecule has 156 valence electrons. The predicted octanol–water partition coefficient (Wildman–Crippen LogP) is 2.19. The van der Waals surface area contributed by atoms with Crippen molar-refractivity contribution in [2.45, 2.75) is 6.42 Å². The average Bonchev–Trinajstić information content (AvgIpc) is 2.76. The summed E-state index contributed by atoms with van der Waals surface area (Å²) in [4.78, 5) is 10.8. The summed E-state index contributed by atoms with van der Waals surface area (Å²) in [5, 5.41) is 20.2. The fourth-order valence-electron chi connectivity index (χ4n) is 3.00. The molecular formula is C20H25N9O. The van der Waals surface area contributed by atoms with Gasteiger partial charge < -0.3 is 37.6 Å². The molecule has 3 rings (SSSR count). The third-order valence-electron chi connectivity index (χ3n) is 4.47. The first-order valence-corrected chi connectivity index (χ1v) is 9.31. The summed E-state index contributed by atoms with van der Waals surface area (Å²) in [7, 11) is 0. The number of nitrogens with zero attached hydrogens (tertiary/aromatic N) is 3. The van der Waals surface area contributed by atoms with Crippen molar-refractivity contribution >= 4 is 46.4 Å². The molecule has 0 unspecified atom stereocenters. The van der Waals surface area contributed by atoms with Gasteiger partial charge in [0.1, 0.15) is 5.82 Å². The van der Waals surface area contributed by atoms with Crippen LogP contribution < -0.4 is 33.0 Å². The van der Waals surface area contributed by atoms with Crippen LogP contribution in [0, 0.1) is 5.41 Å². The van der Waals surface area contributed by atoms with Gasteiger partial charge in [0.2, 0.25) is 5.95 Å². The van der Waals surface area contributed by atoms with Crippen molar-refractivity contribution in [3.8, 4) is 0 Å². The fraction of sp³-hybridized carbons (Fsp3) is 0.150. The topological polar surface area (TPSA) is 175 Å². The third-order valence-corrected chi connectivity index (χ3v) is 4.47. The minimum absolute atomic E-state index is 0.0230. The van der Waals surface area contributed by atoms with Crippen LogP contribution >= 0.6 is 0 Å². The molecule has 0 atom stereocenters. The van der Waals surface area contributed by atoms with Crippen molar-refractivity contribution < 1.29 is 5.11 Å². The number of nitrogens with one attached hydrogen (secondary N) is 3. The first-order valence-electron chi connectivity index (χ1n) is 9.31. The maximum Gasteiger partial charge on any atom is 0.229 e. The van der Waals surface area contributed by atoms with Crippen LogP contribution in [0.4, 0.5) is 40.2 Å². The second kappa shape index (κ2) is 9.54. The second-order valence-electron chi connectivity index (χ2n) is 6.46. The van der Waals surface area contributed by atoms with Crippen LogP contribution in [0.2, 0.25) is 0 Å². The maximum absolute atomic E-state index is 9.34. The molecular weight excluding hydrogens is 382 g/mol. The molecule has 10 heteroatoms. The monoisotopic (exact) mass is 407 g/mol. The van der Waals surface area contributed by atoms with Crippen molar-refractivity contribution in [3.05, 3.63) is 54.2 Å². The van der Waals surface area contributed by atoms with E-state index in [1.54, 1.807) is 36.5 Å². The first-order chi connectivity index (χ1) is 14.6. The van der Waals surface area contributed by atoms with E-state index in [0.717, 1.165) is 5.69 Å². The Kier molecular flexibility index (Phi) is 6.63. The zero-order chi connectivity index (χ0) is 21.5. The molecule has 0 saturated carbocycles. The average molecular weight is 407 g/mol. The molecule has 0 spiro atoms. The third kappa shape index (κ3) is 4.57. The standard InChI is InChI=1S/C20H25N9O/c21-12-14-15(22)3-1-4-18(14)29(9-2-10-30)19-7-8-25-20(27-19)26-13-5-6-16(23)17(11-13)28-24/h1,3-8,11-12,21,28,30H,2,9-10,22-24H2,(H,25,26,27). The van der Waals surface area contributed by atoms with Crippen molar-refractivity contribution in [2.24, 2.45) is 5.84 Å². The number of hydrogen-bond acceptors (Lipinski definition) is 10. The van der Waals surface area contributed by atoms with Gasteiger partial charge in [0, 0.05) is 42.5 Å². The Balaban J connectivity index is 1.96. The van der Waals surface area contributed by atoms with E-state index in [9.17, 15) is 5.11 Å². The van der Waals surface area contributed by atoms with Gasteiger partial charge in [-0.3, -0.25) is 5.84 Å². The molecule has 0 radical (unpaired) electrons. The number of nitrogen functional groups attached to an aromatic ring is 3. The van der Waals surface area contributed by atoms with E-state index in [2.05, 4.69) is 20.7 Å². The molecule has 0 amide bonds. The summed E-state index contributed by atoms with van der Waals surface area (Å²) in [6.45, 7) is 0.510. The zero-order valence-corrected chi connectivity index (χ0v) is 16.3. The summed E-state index contributed by atoms with van der Waals surface area (Å²) in [5.41, 5.74) is 18.1. The molecule has 1 heterocycles. The fourth-order valence-corrected chi connectivity index (χ4v) is 3.00. The lowest BCUT2D eigenvalue weighted by atomic mass is 10.1. The number of hydrogen-bond donors (Lipinski definition) is 7. The van der Waals surface area contributed by atoms with E-state index in [-0.39, 0.29) is 6.61 Å². The number of rotatable bonds is 9. The molecule has 2 aromatic carbocycles. The first kappa shape index (κ1) is 20.8. The molecule has 3 aromatic rings. The largest absolute Gasteiger partial charge is 0.398 e. The van der Waals surface area contributed by atoms with E-state index >= 15 is 0 Å². The Morgan fingerprint density at radius 3 is 2.70 bits per heavy atom. The molecule has 1 aromatic heterocycles. The van der Waals surface area contributed by atoms with Crippen molar-refractivity contribution in [1.82, 2.24) is 9.97 Å². The van der Waals surface area contributed by atoms with Crippen molar-refractivity contribution in [3.63, 3.8) is 0 Å². The van der Waals surface area contributed by atoms with Gasteiger partial charge in [-0.1, -0.05) is 6.07 Å². The van der Waals surface area contributed by atoms with E-state index in [0.29, 0.717) is 53.0 Å². The molecule has 0 aliphatic rings. The highest BCUT2D eigenvalue weighted by molar-refractivity contribution is 5.94. The van der Waals surface area contributed by atoms with Gasteiger partial charge in [-0.2, -0.15) is 4.98 Å². The molecule has 0 aliphatic heterocycles. The molecule has 0 bridgehead atoms. The Morgan fingerprint density at radius 1 is 1.13 bits per heavy atom. The summed E-state index contributed by atoms with van der Waals surface area (Å²) in [5.74, 6) is 6.45. The van der Waals surface area contributed by atoms with Crippen LogP contribution in [0.1, 0.15) is 12.0 Å². The Hall–Kier alpha value is -3.89. The molecule has 30 heavy (non-hydrogen) atoms. The number of nitrogens with two attached hydrogens (primary N) is 3. The van der Waals surface area contributed by atoms with Gasteiger partial charge in [0.05, 0.1) is 17.1 Å². The molecule has 10 N–H and O–H groups in total. The van der Waals surface area contributed by atoms with Crippen molar-refractivity contribution in [2.75, 3.05) is 40.3 Å². The normalized spacial score (nSPS) is 10.5. The van der Waals surface area contributed by atoms with Crippen LogP contribution in [-0.4, -0.2) is 34.4 Å². The minimum atomic E-state index is 0.0230. The van der Waals surface area contributed by atoms with Gasteiger partial charge in [0.25, 0.3) is 0 Å². The van der Waals surface area contributed by atoms with Crippen LogP contribution in [0.25, 0.3) is 0 Å². The van der Waals surface area contributed by atoms with Crippen LogP contribution in [0.15, 0.2) is 48.7 Å². The number of benzene rings is 2. The van der Waals surface area contributed by atoms with Gasteiger partial charge in [-0.05, 0) is 42.8 Å². The minimum Gasteiger partial charge on any atom is -0.398 e. The number of aliphatic hydroxyl groups is 1. The lowest BCUT2D eigenvalue weighted by Gasteiger charge is -2.26. The smallest absolute Gasteiger partial charge is 0.229 e. The quantitative estimate of drug-likeness (QED) is 0.121. The van der Waals surface area contributed by atoms with Gasteiger partial charge >= 0.3 is 0 Å². The molecule has 0 aliphatic carbocycles. The van der Waals surface area contributed by atoms with Crippen LogP contribution in [-0.2, 0) is 0 Å². The molecule has 0 saturated heterocycles. The lowest BCUT2D eigenvalue weighted by molar-refractivity contribution is 0.290. The zero-order valence-electron chi connectivity index (χ0n) is 16.3.